The molecule has 242 valence electrons. The van der Waals surface area contributed by atoms with Gasteiger partial charge in [-0.05, 0) is 61.2 Å². The van der Waals surface area contributed by atoms with Crippen molar-refractivity contribution in [3.05, 3.63) is 98.5 Å². The summed E-state index contributed by atoms with van der Waals surface area (Å²) >= 11 is 6.10. The van der Waals surface area contributed by atoms with Crippen LogP contribution in [0, 0.1) is 0 Å². The maximum absolute atomic E-state index is 14.2. The molecule has 1 fully saturated rings. The van der Waals surface area contributed by atoms with Crippen LogP contribution in [0.25, 0.3) is 17.4 Å². The van der Waals surface area contributed by atoms with Crippen molar-refractivity contribution in [1.29, 1.82) is 0 Å². The van der Waals surface area contributed by atoms with Crippen LogP contribution in [0.2, 0.25) is 5.02 Å². The van der Waals surface area contributed by atoms with E-state index in [1.54, 1.807) is 39.9 Å². The summed E-state index contributed by atoms with van der Waals surface area (Å²) in [5, 5.41) is 6.87. The molecule has 0 unspecified atom stereocenters. The van der Waals surface area contributed by atoms with Crippen LogP contribution in [-0.4, -0.2) is 67.2 Å². The van der Waals surface area contributed by atoms with Crippen molar-refractivity contribution < 1.29 is 27.5 Å². The maximum Gasteiger partial charge on any atom is 0.416 e. The van der Waals surface area contributed by atoms with E-state index in [2.05, 4.69) is 20.4 Å². The number of halogens is 4. The van der Waals surface area contributed by atoms with Gasteiger partial charge in [0.1, 0.15) is 12.2 Å². The highest BCUT2D eigenvalue weighted by Gasteiger charge is 2.43. The molecule has 1 N–H and O–H groups in total. The number of anilines is 1. The van der Waals surface area contributed by atoms with Crippen LogP contribution in [0.5, 0.6) is 0 Å². The summed E-state index contributed by atoms with van der Waals surface area (Å²) < 4.78 is 47.6. The van der Waals surface area contributed by atoms with Gasteiger partial charge in [0.15, 0.2) is 5.82 Å². The van der Waals surface area contributed by atoms with E-state index in [0.717, 1.165) is 23.8 Å². The molecule has 0 radical (unpaired) electrons. The summed E-state index contributed by atoms with van der Waals surface area (Å²) in [6, 6.07) is 7.82. The van der Waals surface area contributed by atoms with E-state index in [4.69, 9.17) is 16.3 Å². The molecule has 2 aliphatic heterocycles. The summed E-state index contributed by atoms with van der Waals surface area (Å²) in [5.74, 6) is -0.323. The lowest BCUT2D eigenvalue weighted by Crippen LogP contribution is -2.46. The van der Waals surface area contributed by atoms with Crippen LogP contribution in [0.4, 0.5) is 18.9 Å². The number of likely N-dealkylation sites (tertiary alicyclic amines) is 1. The van der Waals surface area contributed by atoms with Crippen LogP contribution in [-0.2, 0) is 27.7 Å². The van der Waals surface area contributed by atoms with Gasteiger partial charge >= 0.3 is 6.18 Å². The molecule has 2 amide bonds. The molecule has 3 aliphatic rings. The van der Waals surface area contributed by atoms with Gasteiger partial charge in [-0.3, -0.25) is 19.4 Å². The number of ether oxygens (including phenoxy) is 1. The number of aromatic nitrogens is 5. The van der Waals surface area contributed by atoms with Gasteiger partial charge in [0.25, 0.3) is 11.5 Å². The standard InChI is InChI=1S/C32H27ClF3N7O4/c33-21-17-20(32(34,35)36)4-5-22(21)38-25(44)18-42-24-6-9-31(10-13-41(14-11-31)28(45)23-3-1-2-12-37-23)26(24)29(46)43-30(42)39-27(40-43)19-7-15-47-16-8-19/h1-7,9,12,17H,8,10-11,13-16,18H2,(H,38,44). The summed E-state index contributed by atoms with van der Waals surface area (Å²) in [7, 11) is 0. The van der Waals surface area contributed by atoms with Gasteiger partial charge < -0.3 is 19.5 Å². The number of hydrogen-bond donors (Lipinski definition) is 1. The molecule has 1 spiro atoms. The molecule has 0 bridgehead atoms. The van der Waals surface area contributed by atoms with E-state index in [-0.39, 0.29) is 34.5 Å². The Labute approximate surface area is 270 Å². The van der Waals surface area contributed by atoms with Crippen LogP contribution >= 0.6 is 11.6 Å². The van der Waals surface area contributed by atoms with E-state index in [1.807, 2.05) is 12.2 Å². The number of hydrogen-bond acceptors (Lipinski definition) is 7. The number of nitrogens with one attached hydrogen (secondary N) is 1. The molecule has 0 saturated carbocycles. The predicted octanol–water partition coefficient (Wildman–Crippen LogP) is 4.60. The van der Waals surface area contributed by atoms with Crippen LogP contribution in [0.15, 0.2) is 59.5 Å². The molecule has 1 saturated heterocycles. The first kappa shape index (κ1) is 30.8. The second-order valence-corrected chi connectivity index (χ2v) is 12.0. The highest BCUT2D eigenvalue weighted by atomic mass is 35.5. The third-order valence-corrected chi connectivity index (χ3v) is 9.11. The average molecular weight is 666 g/mol. The Balaban J connectivity index is 1.24. The Bertz CT molecular complexity index is 2030. The first-order valence-electron chi connectivity index (χ1n) is 14.9. The quantitative estimate of drug-likeness (QED) is 0.331. The van der Waals surface area contributed by atoms with Gasteiger partial charge in [0.05, 0.1) is 40.7 Å². The number of fused-ring (bicyclic) bond motifs is 3. The van der Waals surface area contributed by atoms with Gasteiger partial charge in [0.2, 0.25) is 11.7 Å². The lowest BCUT2D eigenvalue weighted by molar-refractivity contribution is -0.137. The summed E-state index contributed by atoms with van der Waals surface area (Å²) in [6.07, 6.45) is 3.98. The Morgan fingerprint density at radius 1 is 1.13 bits per heavy atom. The lowest BCUT2D eigenvalue weighted by atomic mass is 9.75. The molecule has 1 aliphatic carbocycles. The molecule has 7 rings (SSSR count). The van der Waals surface area contributed by atoms with Gasteiger partial charge in [-0.1, -0.05) is 29.8 Å². The van der Waals surface area contributed by atoms with Crippen molar-refractivity contribution in [2.75, 3.05) is 31.6 Å². The molecule has 11 nitrogen and oxygen atoms in total. The highest BCUT2D eigenvalue weighted by molar-refractivity contribution is 6.33. The summed E-state index contributed by atoms with van der Waals surface area (Å²) in [6.45, 7) is 1.26. The first-order valence-corrected chi connectivity index (χ1v) is 15.3. The minimum Gasteiger partial charge on any atom is -0.377 e. The number of amides is 2. The van der Waals surface area contributed by atoms with Gasteiger partial charge in [-0.25, -0.2) is 0 Å². The van der Waals surface area contributed by atoms with Crippen LogP contribution in [0.1, 0.15) is 52.4 Å². The number of allylic oxidation sites excluding steroid dienone is 1. The van der Waals surface area contributed by atoms with Gasteiger partial charge in [-0.2, -0.15) is 22.7 Å². The first-order chi connectivity index (χ1) is 22.5. The van der Waals surface area contributed by atoms with E-state index >= 15 is 0 Å². The molecule has 3 aromatic heterocycles. The van der Waals surface area contributed by atoms with Crippen molar-refractivity contribution in [3.63, 3.8) is 0 Å². The number of pyridine rings is 1. The second-order valence-electron chi connectivity index (χ2n) is 11.6. The van der Waals surface area contributed by atoms with E-state index in [1.165, 1.54) is 4.52 Å². The molecule has 5 heterocycles. The van der Waals surface area contributed by atoms with Crippen molar-refractivity contribution in [3.8, 4) is 0 Å². The van der Waals surface area contributed by atoms with E-state index in [9.17, 15) is 27.6 Å². The molecular formula is C32H27ClF3N7O4. The maximum atomic E-state index is 14.2. The third-order valence-electron chi connectivity index (χ3n) is 8.79. The van der Waals surface area contributed by atoms with Gasteiger partial charge in [-0.15, -0.1) is 5.10 Å². The summed E-state index contributed by atoms with van der Waals surface area (Å²) in [5.41, 5.74) is 0.0179. The van der Waals surface area contributed by atoms with Crippen molar-refractivity contribution in [2.24, 2.45) is 0 Å². The van der Waals surface area contributed by atoms with Crippen molar-refractivity contribution in [2.45, 2.75) is 37.4 Å². The number of benzene rings is 1. The van der Waals surface area contributed by atoms with Crippen LogP contribution < -0.4 is 10.9 Å². The molecule has 0 atom stereocenters. The topological polar surface area (TPSA) is 124 Å². The molecule has 1 aromatic carbocycles. The Kier molecular flexibility index (Phi) is 7.71. The van der Waals surface area contributed by atoms with Crippen molar-refractivity contribution >= 4 is 46.5 Å². The minimum atomic E-state index is -4.59. The Hall–Kier alpha value is -4.82. The minimum absolute atomic E-state index is 0.00449. The Morgan fingerprint density at radius 2 is 1.94 bits per heavy atom. The number of carbonyl (C=O) groups excluding carboxylic acids is 2. The lowest BCUT2D eigenvalue weighted by Gasteiger charge is -2.38. The Morgan fingerprint density at radius 3 is 2.62 bits per heavy atom. The number of piperidine rings is 1. The molecule has 15 heteroatoms. The zero-order valence-corrected chi connectivity index (χ0v) is 25.5. The fraction of sp³-hybridized carbons (Fsp3) is 0.312. The fourth-order valence-electron chi connectivity index (χ4n) is 6.36. The largest absolute Gasteiger partial charge is 0.416 e. The zero-order valence-electron chi connectivity index (χ0n) is 24.8. The number of nitrogens with zero attached hydrogens (tertiary/aromatic N) is 6. The van der Waals surface area contributed by atoms with Gasteiger partial charge in [0, 0.05) is 24.7 Å². The number of carbonyl (C=O) groups is 2. The molecular weight excluding hydrogens is 639 g/mol. The SMILES string of the molecule is O=C(Cn1c2c(c(=O)n3nc(C4=CCOCC4)nc13)C1(C=C2)CCN(C(=O)c2ccccn2)CC1)Nc1ccc(C(F)(F)F)cc1Cl. The molecule has 4 aromatic rings. The molecule has 47 heavy (non-hydrogen) atoms. The number of alkyl halides is 3. The van der Waals surface area contributed by atoms with E-state index in [0.29, 0.717) is 68.3 Å². The van der Waals surface area contributed by atoms with E-state index < -0.39 is 23.1 Å². The monoisotopic (exact) mass is 665 g/mol. The summed E-state index contributed by atoms with van der Waals surface area (Å²) in [4.78, 5) is 51.2. The normalized spacial score (nSPS) is 17.2. The van der Waals surface area contributed by atoms with Crippen LogP contribution in [0.3, 0.4) is 0 Å². The zero-order chi connectivity index (χ0) is 32.9. The predicted molar refractivity (Wildman–Crippen MR) is 166 cm³/mol. The second kappa shape index (κ2) is 11.8. The highest BCUT2D eigenvalue weighted by Crippen LogP contribution is 2.43. The average Bonchev–Trinajstić information content (AvgIpc) is 3.68. The third kappa shape index (κ3) is 5.61. The smallest absolute Gasteiger partial charge is 0.377 e. The fourth-order valence-corrected chi connectivity index (χ4v) is 6.59. The van der Waals surface area contributed by atoms with Crippen molar-refractivity contribution in [1.82, 2.24) is 29.0 Å². The number of rotatable bonds is 5.